The fraction of sp³-hybridized carbons (Fsp3) is 0.385. The molecule has 0 aromatic heterocycles. The molecule has 1 aliphatic rings. The molecule has 1 heterocycles. The van der Waals surface area contributed by atoms with Crippen LogP contribution in [0.2, 0.25) is 0 Å². The molecule has 72 valence electrons. The topological polar surface area (TPSA) is 0 Å². The normalized spacial score (nSPS) is 15.8. The van der Waals surface area contributed by atoms with Gasteiger partial charge in [-0.3, -0.25) is 0 Å². The van der Waals surface area contributed by atoms with Gasteiger partial charge in [0.2, 0.25) is 0 Å². The Labute approximate surface area is 87.3 Å². The van der Waals surface area contributed by atoms with E-state index in [4.69, 9.17) is 0 Å². The predicted octanol–water partition coefficient (Wildman–Crippen LogP) is 2.64. The van der Waals surface area contributed by atoms with Gasteiger partial charge in [-0.05, 0) is 30.4 Å². The van der Waals surface area contributed by atoms with Crippen LogP contribution < -0.4 is 5.46 Å². The van der Waals surface area contributed by atoms with Crippen LogP contribution in [-0.2, 0) is 0 Å². The van der Waals surface area contributed by atoms with E-state index < -0.39 is 0 Å². The first-order chi connectivity index (χ1) is 6.72. The van der Waals surface area contributed by atoms with Crippen molar-refractivity contribution in [3.8, 4) is 0 Å². The Hall–Kier alpha value is -0.975. The van der Waals surface area contributed by atoms with Gasteiger partial charge in [-0.15, -0.1) is 5.98 Å². The third kappa shape index (κ3) is 1.52. The van der Waals surface area contributed by atoms with Gasteiger partial charge in [-0.25, -0.2) is 0 Å². The van der Waals surface area contributed by atoms with Gasteiger partial charge in [0.1, 0.15) is 0 Å². The Morgan fingerprint density at radius 1 is 1.36 bits per heavy atom. The van der Waals surface area contributed by atoms with Crippen LogP contribution in [0, 0.1) is 0 Å². The number of rotatable bonds is 2. The molecule has 0 saturated heterocycles. The first-order valence-corrected chi connectivity index (χ1v) is 5.52. The Morgan fingerprint density at radius 2 is 2.14 bits per heavy atom. The molecule has 1 unspecified atom stereocenters. The molecule has 0 fully saturated rings. The maximum absolute atomic E-state index is 2.39. The zero-order chi connectivity index (χ0) is 10.1. The van der Waals surface area contributed by atoms with Crippen LogP contribution in [0.25, 0.3) is 5.57 Å². The standard InChI is InChI=1S/C13H17B/c1-4-9(2)11-5-6-12-10(3)8-14-13(12)7-11/h5-9,14H,4H2,1-3H3. The summed E-state index contributed by atoms with van der Waals surface area (Å²) < 4.78 is 0. The molecule has 0 nitrogen and oxygen atoms in total. The van der Waals surface area contributed by atoms with E-state index in [-0.39, 0.29) is 0 Å². The van der Waals surface area contributed by atoms with Crippen molar-refractivity contribution < 1.29 is 0 Å². The highest BCUT2D eigenvalue weighted by Crippen LogP contribution is 2.22. The Bertz CT molecular complexity index is 377. The molecule has 0 amide bonds. The van der Waals surface area contributed by atoms with Crippen LogP contribution in [0.15, 0.2) is 24.2 Å². The van der Waals surface area contributed by atoms with Crippen molar-refractivity contribution in [2.45, 2.75) is 33.1 Å². The molecule has 2 rings (SSSR count). The summed E-state index contributed by atoms with van der Waals surface area (Å²) in [4.78, 5) is 0. The lowest BCUT2D eigenvalue weighted by Gasteiger charge is -2.11. The van der Waals surface area contributed by atoms with Crippen LogP contribution in [0.3, 0.4) is 0 Å². The third-order valence-corrected chi connectivity index (χ3v) is 3.36. The highest BCUT2D eigenvalue weighted by molar-refractivity contribution is 6.63. The van der Waals surface area contributed by atoms with Gasteiger partial charge in [0.15, 0.2) is 7.28 Å². The van der Waals surface area contributed by atoms with Crippen molar-refractivity contribution in [1.82, 2.24) is 0 Å². The van der Waals surface area contributed by atoms with E-state index in [0.29, 0.717) is 5.92 Å². The molecule has 0 aliphatic carbocycles. The molecule has 0 radical (unpaired) electrons. The minimum atomic E-state index is 0.696. The zero-order valence-electron chi connectivity index (χ0n) is 9.30. The van der Waals surface area contributed by atoms with E-state index in [1.807, 2.05) is 0 Å². The van der Waals surface area contributed by atoms with Crippen molar-refractivity contribution in [2.75, 3.05) is 0 Å². The summed E-state index contributed by atoms with van der Waals surface area (Å²) >= 11 is 0. The summed E-state index contributed by atoms with van der Waals surface area (Å²) in [6.45, 7) is 6.76. The summed E-state index contributed by atoms with van der Waals surface area (Å²) in [6.07, 6.45) is 1.23. The summed E-state index contributed by atoms with van der Waals surface area (Å²) in [7, 11) is 1.13. The van der Waals surface area contributed by atoms with Crippen LogP contribution in [0.1, 0.15) is 44.2 Å². The van der Waals surface area contributed by atoms with Crippen molar-refractivity contribution in [3.63, 3.8) is 0 Å². The lowest BCUT2D eigenvalue weighted by atomic mass is 9.72. The van der Waals surface area contributed by atoms with E-state index in [1.165, 1.54) is 28.6 Å². The first kappa shape index (κ1) is 9.58. The highest BCUT2D eigenvalue weighted by Gasteiger charge is 2.13. The second-order valence-corrected chi connectivity index (χ2v) is 4.32. The number of hydrogen-bond donors (Lipinski definition) is 0. The minimum Gasteiger partial charge on any atom is -0.110 e. The van der Waals surface area contributed by atoms with Gasteiger partial charge in [0.25, 0.3) is 0 Å². The maximum atomic E-state index is 2.39. The number of benzene rings is 1. The van der Waals surface area contributed by atoms with Crippen molar-refractivity contribution in [3.05, 3.63) is 35.3 Å². The average molecular weight is 184 g/mol. The molecular weight excluding hydrogens is 167 g/mol. The number of hydrogen-bond acceptors (Lipinski definition) is 0. The van der Waals surface area contributed by atoms with Gasteiger partial charge in [-0.1, -0.05) is 43.1 Å². The molecular formula is C13H17B. The molecule has 0 N–H and O–H groups in total. The van der Waals surface area contributed by atoms with Gasteiger partial charge in [0, 0.05) is 0 Å². The molecule has 1 aromatic rings. The molecule has 0 spiro atoms. The molecule has 1 heteroatoms. The quantitative estimate of drug-likeness (QED) is 0.620. The molecule has 1 atom stereocenters. The monoisotopic (exact) mass is 184 g/mol. The smallest absolute Gasteiger partial charge is 0.110 e. The van der Waals surface area contributed by atoms with Crippen LogP contribution in [0.5, 0.6) is 0 Å². The van der Waals surface area contributed by atoms with Gasteiger partial charge in [0.05, 0.1) is 0 Å². The second kappa shape index (κ2) is 3.64. The fourth-order valence-electron chi connectivity index (χ4n) is 2.08. The SMILES string of the molecule is CCC(C)c1ccc2c(c1)BC=C2C. The summed E-state index contributed by atoms with van der Waals surface area (Å²) in [5, 5.41) is 0. The fourth-order valence-corrected chi connectivity index (χ4v) is 2.08. The van der Waals surface area contributed by atoms with Crippen LogP contribution in [-0.4, -0.2) is 7.28 Å². The van der Waals surface area contributed by atoms with Crippen LogP contribution in [0.4, 0.5) is 0 Å². The summed E-state index contributed by atoms with van der Waals surface area (Å²) in [5.41, 5.74) is 5.91. The summed E-state index contributed by atoms with van der Waals surface area (Å²) in [6, 6.07) is 6.96. The molecule has 1 aromatic carbocycles. The van der Waals surface area contributed by atoms with E-state index in [2.05, 4.69) is 44.9 Å². The van der Waals surface area contributed by atoms with E-state index >= 15 is 0 Å². The summed E-state index contributed by atoms with van der Waals surface area (Å²) in [5.74, 6) is 3.02. The van der Waals surface area contributed by atoms with E-state index in [1.54, 1.807) is 0 Å². The maximum Gasteiger partial charge on any atom is 0.184 e. The van der Waals surface area contributed by atoms with Crippen molar-refractivity contribution in [1.29, 1.82) is 0 Å². The lowest BCUT2D eigenvalue weighted by molar-refractivity contribution is 0.734. The van der Waals surface area contributed by atoms with Gasteiger partial charge in [-0.2, -0.15) is 0 Å². The third-order valence-electron chi connectivity index (χ3n) is 3.36. The Balaban J connectivity index is 2.35. The number of allylic oxidation sites excluding steroid dienone is 1. The molecule has 0 bridgehead atoms. The largest absolute Gasteiger partial charge is 0.184 e. The zero-order valence-corrected chi connectivity index (χ0v) is 9.30. The Morgan fingerprint density at radius 3 is 2.86 bits per heavy atom. The lowest BCUT2D eigenvalue weighted by Crippen LogP contribution is -2.13. The van der Waals surface area contributed by atoms with Crippen LogP contribution >= 0.6 is 0 Å². The van der Waals surface area contributed by atoms with Crippen molar-refractivity contribution >= 4 is 18.3 Å². The van der Waals surface area contributed by atoms with Gasteiger partial charge >= 0.3 is 0 Å². The Kier molecular flexibility index (Phi) is 2.49. The van der Waals surface area contributed by atoms with E-state index in [9.17, 15) is 0 Å². The number of fused-ring (bicyclic) bond motifs is 1. The van der Waals surface area contributed by atoms with E-state index in [0.717, 1.165) is 7.28 Å². The molecule has 14 heavy (non-hydrogen) atoms. The molecule has 1 aliphatic heterocycles. The highest BCUT2D eigenvalue weighted by atomic mass is 14.1. The first-order valence-electron chi connectivity index (χ1n) is 5.52. The predicted molar refractivity (Wildman–Crippen MR) is 65.6 cm³/mol. The molecule has 0 saturated carbocycles. The minimum absolute atomic E-state index is 0.696. The average Bonchev–Trinajstić information content (AvgIpc) is 2.59. The van der Waals surface area contributed by atoms with Gasteiger partial charge < -0.3 is 0 Å². The van der Waals surface area contributed by atoms with Crippen molar-refractivity contribution in [2.24, 2.45) is 0 Å². The second-order valence-electron chi connectivity index (χ2n) is 4.32.